The second kappa shape index (κ2) is 9.96. The predicted octanol–water partition coefficient (Wildman–Crippen LogP) is 2.20. The maximum atomic E-state index is 5.38. The zero-order valence-electron chi connectivity index (χ0n) is 9.04. The van der Waals surface area contributed by atoms with Gasteiger partial charge in [-0.05, 0) is 20.3 Å². The van der Waals surface area contributed by atoms with Crippen LogP contribution in [0, 0.1) is 0 Å². The normalized spacial score (nSPS) is 13.2. The van der Waals surface area contributed by atoms with Gasteiger partial charge in [-0.25, -0.2) is 0 Å². The maximum Gasteiger partial charge on any atom is 0.154 e. The lowest BCUT2D eigenvalue weighted by Crippen LogP contribution is -2.16. The van der Waals surface area contributed by atoms with Gasteiger partial charge in [0.2, 0.25) is 0 Å². The van der Waals surface area contributed by atoms with Crippen LogP contribution >= 0.6 is 0 Å². The molecule has 3 heteroatoms. The minimum atomic E-state index is -0.105. The molecule has 13 heavy (non-hydrogen) atoms. The molecule has 0 saturated heterocycles. The third-order valence-electron chi connectivity index (χ3n) is 1.63. The summed E-state index contributed by atoms with van der Waals surface area (Å²) in [5, 5.41) is 0. The lowest BCUT2D eigenvalue weighted by Gasteiger charge is -2.13. The van der Waals surface area contributed by atoms with Crippen LogP contribution in [-0.4, -0.2) is 32.7 Å². The fraction of sp³-hybridized carbons (Fsp3) is 1.00. The molecule has 0 N–H and O–H groups in total. The van der Waals surface area contributed by atoms with Crippen molar-refractivity contribution in [3.8, 4) is 0 Å². The molecule has 80 valence electrons. The van der Waals surface area contributed by atoms with Crippen LogP contribution in [0.1, 0.15) is 33.6 Å². The van der Waals surface area contributed by atoms with Gasteiger partial charge in [0, 0.05) is 13.2 Å². The monoisotopic (exact) mass is 190 g/mol. The van der Waals surface area contributed by atoms with Crippen molar-refractivity contribution in [1.29, 1.82) is 0 Å². The van der Waals surface area contributed by atoms with Crippen LogP contribution in [0.2, 0.25) is 0 Å². The van der Waals surface area contributed by atoms with Crippen molar-refractivity contribution in [3.05, 3.63) is 0 Å². The lowest BCUT2D eigenvalue weighted by atomic mass is 10.4. The highest BCUT2D eigenvalue weighted by molar-refractivity contribution is 4.36. The van der Waals surface area contributed by atoms with Crippen molar-refractivity contribution in [2.45, 2.75) is 39.9 Å². The SMILES string of the molecule is CCCCOC(C)OCCOCC. The smallest absolute Gasteiger partial charge is 0.154 e. The zero-order chi connectivity index (χ0) is 9.94. The molecule has 0 aliphatic rings. The second-order valence-corrected chi connectivity index (χ2v) is 2.86. The van der Waals surface area contributed by atoms with Gasteiger partial charge in [0.05, 0.1) is 13.2 Å². The van der Waals surface area contributed by atoms with Gasteiger partial charge in [0.1, 0.15) is 0 Å². The molecule has 0 radical (unpaired) electrons. The van der Waals surface area contributed by atoms with E-state index in [4.69, 9.17) is 14.2 Å². The summed E-state index contributed by atoms with van der Waals surface area (Å²) in [7, 11) is 0. The lowest BCUT2D eigenvalue weighted by molar-refractivity contribution is -0.139. The Balaban J connectivity index is 3.05. The molecular weight excluding hydrogens is 168 g/mol. The van der Waals surface area contributed by atoms with Gasteiger partial charge in [0.25, 0.3) is 0 Å². The molecule has 0 aliphatic heterocycles. The summed E-state index contributed by atoms with van der Waals surface area (Å²) < 4.78 is 15.9. The van der Waals surface area contributed by atoms with E-state index in [1.807, 2.05) is 13.8 Å². The van der Waals surface area contributed by atoms with Crippen LogP contribution in [0.25, 0.3) is 0 Å². The van der Waals surface area contributed by atoms with Gasteiger partial charge in [-0.1, -0.05) is 13.3 Å². The van der Waals surface area contributed by atoms with Crippen LogP contribution in [0.15, 0.2) is 0 Å². The Morgan fingerprint density at radius 1 is 1.00 bits per heavy atom. The maximum absolute atomic E-state index is 5.38. The van der Waals surface area contributed by atoms with E-state index < -0.39 is 0 Å². The van der Waals surface area contributed by atoms with Crippen LogP contribution in [-0.2, 0) is 14.2 Å². The molecule has 0 aromatic rings. The van der Waals surface area contributed by atoms with Gasteiger partial charge >= 0.3 is 0 Å². The summed E-state index contributed by atoms with van der Waals surface area (Å²) in [4.78, 5) is 0. The molecule has 0 spiro atoms. The van der Waals surface area contributed by atoms with Crippen LogP contribution in [0.3, 0.4) is 0 Å². The molecule has 1 atom stereocenters. The first-order valence-electron chi connectivity index (χ1n) is 5.12. The molecule has 3 nitrogen and oxygen atoms in total. The van der Waals surface area contributed by atoms with E-state index in [9.17, 15) is 0 Å². The minimum Gasteiger partial charge on any atom is -0.379 e. The molecule has 0 fully saturated rings. The van der Waals surface area contributed by atoms with E-state index >= 15 is 0 Å². The molecule has 0 bridgehead atoms. The molecule has 0 heterocycles. The van der Waals surface area contributed by atoms with Gasteiger partial charge in [-0.2, -0.15) is 0 Å². The first kappa shape index (κ1) is 12.9. The third kappa shape index (κ3) is 9.80. The number of hydrogen-bond acceptors (Lipinski definition) is 3. The predicted molar refractivity (Wildman–Crippen MR) is 52.8 cm³/mol. The largest absolute Gasteiger partial charge is 0.379 e. The Kier molecular flexibility index (Phi) is 9.87. The molecular formula is C10H22O3. The highest BCUT2D eigenvalue weighted by Gasteiger charge is 2.00. The average Bonchev–Trinajstić information content (AvgIpc) is 2.13. The zero-order valence-corrected chi connectivity index (χ0v) is 9.04. The number of unbranched alkanes of at least 4 members (excludes halogenated alkanes) is 1. The van der Waals surface area contributed by atoms with E-state index in [0.717, 1.165) is 26.1 Å². The average molecular weight is 190 g/mol. The molecule has 0 amide bonds. The third-order valence-corrected chi connectivity index (χ3v) is 1.63. The van der Waals surface area contributed by atoms with E-state index in [0.29, 0.717) is 13.2 Å². The van der Waals surface area contributed by atoms with Crippen molar-refractivity contribution in [2.24, 2.45) is 0 Å². The molecule has 0 aliphatic carbocycles. The first-order valence-corrected chi connectivity index (χ1v) is 5.12. The second-order valence-electron chi connectivity index (χ2n) is 2.86. The quantitative estimate of drug-likeness (QED) is 0.412. The molecule has 1 unspecified atom stereocenters. The molecule has 0 saturated carbocycles. The minimum absolute atomic E-state index is 0.105. The highest BCUT2D eigenvalue weighted by atomic mass is 16.7. The van der Waals surface area contributed by atoms with E-state index in [1.165, 1.54) is 0 Å². The Morgan fingerprint density at radius 2 is 1.69 bits per heavy atom. The van der Waals surface area contributed by atoms with Crippen LogP contribution in [0.5, 0.6) is 0 Å². The fourth-order valence-electron chi connectivity index (χ4n) is 0.859. The van der Waals surface area contributed by atoms with Gasteiger partial charge in [0.15, 0.2) is 6.29 Å². The van der Waals surface area contributed by atoms with Crippen molar-refractivity contribution in [3.63, 3.8) is 0 Å². The highest BCUT2D eigenvalue weighted by Crippen LogP contribution is 1.96. The molecule has 0 rings (SSSR count). The summed E-state index contributed by atoms with van der Waals surface area (Å²) in [6.45, 7) is 8.83. The van der Waals surface area contributed by atoms with Crippen molar-refractivity contribution < 1.29 is 14.2 Å². The fourth-order valence-corrected chi connectivity index (χ4v) is 0.859. The van der Waals surface area contributed by atoms with E-state index in [1.54, 1.807) is 0 Å². The van der Waals surface area contributed by atoms with Crippen molar-refractivity contribution in [1.82, 2.24) is 0 Å². The van der Waals surface area contributed by atoms with Gasteiger partial charge < -0.3 is 14.2 Å². The van der Waals surface area contributed by atoms with E-state index in [2.05, 4.69) is 6.92 Å². The summed E-state index contributed by atoms with van der Waals surface area (Å²) in [5.74, 6) is 0. The summed E-state index contributed by atoms with van der Waals surface area (Å²) in [6.07, 6.45) is 2.15. The van der Waals surface area contributed by atoms with E-state index in [-0.39, 0.29) is 6.29 Å². The molecule has 0 aromatic carbocycles. The van der Waals surface area contributed by atoms with Crippen LogP contribution in [0.4, 0.5) is 0 Å². The number of ether oxygens (including phenoxy) is 3. The first-order chi connectivity index (χ1) is 6.31. The molecule has 0 aromatic heterocycles. The van der Waals surface area contributed by atoms with Crippen molar-refractivity contribution >= 4 is 0 Å². The van der Waals surface area contributed by atoms with Gasteiger partial charge in [-0.15, -0.1) is 0 Å². The summed E-state index contributed by atoms with van der Waals surface area (Å²) in [6, 6.07) is 0. The van der Waals surface area contributed by atoms with Crippen molar-refractivity contribution in [2.75, 3.05) is 26.4 Å². The number of hydrogen-bond donors (Lipinski definition) is 0. The Bertz CT molecular complexity index is 96.2. The summed E-state index contributed by atoms with van der Waals surface area (Å²) in [5.41, 5.74) is 0. The Morgan fingerprint density at radius 3 is 2.31 bits per heavy atom. The number of rotatable bonds is 9. The topological polar surface area (TPSA) is 27.7 Å². The van der Waals surface area contributed by atoms with Crippen LogP contribution < -0.4 is 0 Å². The van der Waals surface area contributed by atoms with Gasteiger partial charge in [-0.3, -0.25) is 0 Å². The summed E-state index contributed by atoms with van der Waals surface area (Å²) >= 11 is 0. The Labute approximate surface area is 81.4 Å². The standard InChI is InChI=1S/C10H22O3/c1-4-6-7-12-10(3)13-9-8-11-5-2/h10H,4-9H2,1-3H3. The Hall–Kier alpha value is -0.120.